The Morgan fingerprint density at radius 1 is 1.44 bits per heavy atom. The molecule has 0 amide bonds. The second-order valence-corrected chi connectivity index (χ2v) is 4.60. The Morgan fingerprint density at radius 3 is 2.88 bits per heavy atom. The Hall–Kier alpha value is -1.36. The van der Waals surface area contributed by atoms with Crippen molar-refractivity contribution in [1.29, 1.82) is 0 Å². The molecule has 2 aromatic heterocycles. The maximum Gasteiger partial charge on any atom is 0.140 e. The zero-order valence-corrected chi connectivity index (χ0v) is 10.7. The quantitative estimate of drug-likeness (QED) is 0.909. The Labute approximate surface area is 103 Å². The van der Waals surface area contributed by atoms with Gasteiger partial charge in [0.25, 0.3) is 0 Å². The molecule has 0 saturated heterocycles. The summed E-state index contributed by atoms with van der Waals surface area (Å²) in [6.45, 7) is 4.08. The van der Waals surface area contributed by atoms with E-state index in [-0.39, 0.29) is 6.04 Å². The van der Waals surface area contributed by atoms with E-state index in [1.165, 1.54) is 0 Å². The standard InChI is InChI=1S/C11H13BrN4/c1-7-3-10(12)11(13-4-7)16-8(2)9-5-14-15-6-9/h3-6,8H,1-2H3,(H,13,16)(H,14,15). The molecular weight excluding hydrogens is 268 g/mol. The van der Waals surface area contributed by atoms with Crippen LogP contribution in [0.2, 0.25) is 0 Å². The smallest absolute Gasteiger partial charge is 0.140 e. The van der Waals surface area contributed by atoms with Gasteiger partial charge in [-0.05, 0) is 41.4 Å². The van der Waals surface area contributed by atoms with E-state index in [1.807, 2.05) is 25.4 Å². The molecule has 0 aromatic carbocycles. The van der Waals surface area contributed by atoms with Crippen LogP contribution < -0.4 is 5.32 Å². The van der Waals surface area contributed by atoms with E-state index in [9.17, 15) is 0 Å². The monoisotopic (exact) mass is 280 g/mol. The van der Waals surface area contributed by atoms with Crippen LogP contribution in [-0.2, 0) is 0 Å². The Kier molecular flexibility index (Phi) is 3.24. The molecule has 1 unspecified atom stereocenters. The molecule has 0 aliphatic rings. The lowest BCUT2D eigenvalue weighted by Crippen LogP contribution is -2.07. The number of anilines is 1. The van der Waals surface area contributed by atoms with Crippen molar-refractivity contribution in [2.45, 2.75) is 19.9 Å². The van der Waals surface area contributed by atoms with Crippen molar-refractivity contribution in [2.24, 2.45) is 0 Å². The molecular formula is C11H13BrN4. The molecule has 2 heterocycles. The summed E-state index contributed by atoms with van der Waals surface area (Å²) in [7, 11) is 0. The zero-order chi connectivity index (χ0) is 11.5. The highest BCUT2D eigenvalue weighted by Crippen LogP contribution is 2.24. The number of aromatic amines is 1. The Morgan fingerprint density at radius 2 is 2.25 bits per heavy atom. The van der Waals surface area contributed by atoms with E-state index < -0.39 is 0 Å². The summed E-state index contributed by atoms with van der Waals surface area (Å²) in [6, 6.07) is 2.21. The first kappa shape index (κ1) is 11.1. The van der Waals surface area contributed by atoms with Crippen LogP contribution in [0.4, 0.5) is 5.82 Å². The van der Waals surface area contributed by atoms with Gasteiger partial charge < -0.3 is 5.32 Å². The molecule has 2 N–H and O–H groups in total. The Bertz CT molecular complexity index is 467. The zero-order valence-electron chi connectivity index (χ0n) is 9.16. The first-order valence-electron chi connectivity index (χ1n) is 5.04. The summed E-state index contributed by atoms with van der Waals surface area (Å²) in [5, 5.41) is 10.0. The number of hydrogen-bond acceptors (Lipinski definition) is 3. The molecule has 0 bridgehead atoms. The SMILES string of the molecule is Cc1cnc(NC(C)c2cn[nH]c2)c(Br)c1. The molecule has 0 radical (unpaired) electrons. The van der Waals surface area contributed by atoms with Crippen molar-refractivity contribution >= 4 is 21.7 Å². The third-order valence-corrected chi connectivity index (χ3v) is 2.95. The van der Waals surface area contributed by atoms with Gasteiger partial charge in [0.1, 0.15) is 5.82 Å². The van der Waals surface area contributed by atoms with Gasteiger partial charge >= 0.3 is 0 Å². The minimum atomic E-state index is 0.172. The summed E-state index contributed by atoms with van der Waals surface area (Å²) in [5.74, 6) is 0.847. The minimum Gasteiger partial charge on any atom is -0.362 e. The molecule has 4 nitrogen and oxygen atoms in total. The van der Waals surface area contributed by atoms with Gasteiger partial charge in [0.15, 0.2) is 0 Å². The molecule has 0 saturated carbocycles. The summed E-state index contributed by atoms with van der Waals surface area (Å²) in [5.41, 5.74) is 2.24. The second-order valence-electron chi connectivity index (χ2n) is 3.74. The number of H-pyrrole nitrogens is 1. The summed E-state index contributed by atoms with van der Waals surface area (Å²) in [6.07, 6.45) is 5.52. The summed E-state index contributed by atoms with van der Waals surface area (Å²) < 4.78 is 0.975. The molecule has 0 spiro atoms. The molecule has 0 aliphatic carbocycles. The molecule has 16 heavy (non-hydrogen) atoms. The minimum absolute atomic E-state index is 0.172. The highest BCUT2D eigenvalue weighted by Gasteiger charge is 2.09. The van der Waals surface area contributed by atoms with E-state index in [0.717, 1.165) is 21.4 Å². The molecule has 0 fully saturated rings. The number of halogens is 1. The predicted octanol–water partition coefficient (Wildman–Crippen LogP) is 3.05. The summed E-state index contributed by atoms with van der Waals surface area (Å²) >= 11 is 3.49. The fourth-order valence-electron chi connectivity index (χ4n) is 1.43. The van der Waals surface area contributed by atoms with Crippen molar-refractivity contribution in [3.8, 4) is 0 Å². The highest BCUT2D eigenvalue weighted by molar-refractivity contribution is 9.10. The average Bonchev–Trinajstić information content (AvgIpc) is 2.75. The lowest BCUT2D eigenvalue weighted by molar-refractivity contribution is 0.873. The number of hydrogen-bond donors (Lipinski definition) is 2. The van der Waals surface area contributed by atoms with Crippen LogP contribution in [0.15, 0.2) is 29.1 Å². The highest BCUT2D eigenvalue weighted by atomic mass is 79.9. The van der Waals surface area contributed by atoms with Crippen LogP contribution in [0.5, 0.6) is 0 Å². The molecule has 2 aromatic rings. The van der Waals surface area contributed by atoms with Crippen LogP contribution in [0.25, 0.3) is 0 Å². The number of aryl methyl sites for hydroxylation is 1. The maximum absolute atomic E-state index is 4.34. The van der Waals surface area contributed by atoms with Gasteiger partial charge in [-0.15, -0.1) is 0 Å². The third kappa shape index (κ3) is 2.41. The Balaban J connectivity index is 2.15. The summed E-state index contributed by atoms with van der Waals surface area (Å²) in [4.78, 5) is 4.34. The number of rotatable bonds is 3. The van der Waals surface area contributed by atoms with Gasteiger partial charge in [-0.2, -0.15) is 5.10 Å². The molecule has 1 atom stereocenters. The van der Waals surface area contributed by atoms with Crippen molar-refractivity contribution in [3.63, 3.8) is 0 Å². The van der Waals surface area contributed by atoms with E-state index in [4.69, 9.17) is 0 Å². The predicted molar refractivity (Wildman–Crippen MR) is 67.3 cm³/mol. The topological polar surface area (TPSA) is 53.6 Å². The number of nitrogens with zero attached hydrogens (tertiary/aromatic N) is 2. The van der Waals surface area contributed by atoms with Crippen LogP contribution in [0, 0.1) is 6.92 Å². The van der Waals surface area contributed by atoms with Crippen molar-refractivity contribution in [2.75, 3.05) is 5.32 Å². The van der Waals surface area contributed by atoms with Crippen LogP contribution in [0.1, 0.15) is 24.1 Å². The largest absolute Gasteiger partial charge is 0.362 e. The van der Waals surface area contributed by atoms with Crippen molar-refractivity contribution in [1.82, 2.24) is 15.2 Å². The molecule has 0 aliphatic heterocycles. The van der Waals surface area contributed by atoms with Gasteiger partial charge in [0.2, 0.25) is 0 Å². The number of aromatic nitrogens is 3. The maximum atomic E-state index is 4.34. The van der Waals surface area contributed by atoms with Crippen LogP contribution >= 0.6 is 15.9 Å². The van der Waals surface area contributed by atoms with E-state index in [2.05, 4.69) is 43.4 Å². The van der Waals surface area contributed by atoms with Crippen LogP contribution in [0.3, 0.4) is 0 Å². The molecule has 84 valence electrons. The molecule has 5 heteroatoms. The first-order valence-corrected chi connectivity index (χ1v) is 5.83. The second kappa shape index (κ2) is 4.65. The molecule has 2 rings (SSSR count). The fraction of sp³-hybridized carbons (Fsp3) is 0.273. The van der Waals surface area contributed by atoms with Gasteiger partial charge in [0, 0.05) is 18.0 Å². The van der Waals surface area contributed by atoms with E-state index in [1.54, 1.807) is 6.20 Å². The lowest BCUT2D eigenvalue weighted by atomic mass is 10.2. The van der Waals surface area contributed by atoms with Gasteiger partial charge in [0.05, 0.1) is 16.7 Å². The number of nitrogens with one attached hydrogen (secondary N) is 2. The van der Waals surface area contributed by atoms with Gasteiger partial charge in [-0.25, -0.2) is 4.98 Å². The van der Waals surface area contributed by atoms with Gasteiger partial charge in [-0.1, -0.05) is 0 Å². The van der Waals surface area contributed by atoms with Crippen molar-refractivity contribution in [3.05, 3.63) is 40.3 Å². The number of pyridine rings is 1. The third-order valence-electron chi connectivity index (χ3n) is 2.35. The van der Waals surface area contributed by atoms with E-state index >= 15 is 0 Å². The van der Waals surface area contributed by atoms with E-state index in [0.29, 0.717) is 0 Å². The fourth-order valence-corrected chi connectivity index (χ4v) is 2.00. The average molecular weight is 281 g/mol. The van der Waals surface area contributed by atoms with Crippen LogP contribution in [-0.4, -0.2) is 15.2 Å². The van der Waals surface area contributed by atoms with Gasteiger partial charge in [-0.3, -0.25) is 5.10 Å². The normalized spacial score (nSPS) is 12.4. The first-order chi connectivity index (χ1) is 7.66. The lowest BCUT2D eigenvalue weighted by Gasteiger charge is -2.14. The van der Waals surface area contributed by atoms with Crippen molar-refractivity contribution < 1.29 is 0 Å².